The fourth-order valence-corrected chi connectivity index (χ4v) is 1.56. The molecule has 1 aliphatic heterocycles. The molecule has 0 amide bonds. The van der Waals surface area contributed by atoms with Gasteiger partial charge in [-0.1, -0.05) is 12.1 Å². The van der Waals surface area contributed by atoms with E-state index in [4.69, 9.17) is 9.57 Å². The fourth-order valence-electron chi connectivity index (χ4n) is 1.56. The third kappa shape index (κ3) is 2.13. The van der Waals surface area contributed by atoms with Gasteiger partial charge in [0.05, 0.1) is 7.11 Å². The third-order valence-corrected chi connectivity index (χ3v) is 2.44. The van der Waals surface area contributed by atoms with E-state index in [1.165, 1.54) is 5.56 Å². The summed E-state index contributed by atoms with van der Waals surface area (Å²) in [5.74, 6) is 0.877. The van der Waals surface area contributed by atoms with E-state index >= 15 is 0 Å². The summed E-state index contributed by atoms with van der Waals surface area (Å²) in [5.41, 5.74) is 1.23. The molecular formula is C12H17NO2. The van der Waals surface area contributed by atoms with Crippen LogP contribution in [-0.2, 0) is 4.84 Å². The lowest BCUT2D eigenvalue weighted by atomic mass is 10.1. The first-order chi connectivity index (χ1) is 7.02. The molecule has 0 aliphatic carbocycles. The summed E-state index contributed by atoms with van der Waals surface area (Å²) >= 11 is 0. The summed E-state index contributed by atoms with van der Waals surface area (Å²) in [7, 11) is 1.67. The topological polar surface area (TPSA) is 24.8 Å². The van der Waals surface area contributed by atoms with Crippen LogP contribution in [0.25, 0.3) is 0 Å². The quantitative estimate of drug-likeness (QED) is 0.697. The first-order valence-corrected chi connectivity index (χ1v) is 5.12. The second kappa shape index (κ2) is 3.51. The van der Waals surface area contributed by atoms with Gasteiger partial charge in [-0.3, -0.25) is 4.84 Å². The van der Waals surface area contributed by atoms with Gasteiger partial charge in [0.2, 0.25) is 0 Å². The Morgan fingerprint density at radius 2 is 1.80 bits per heavy atom. The number of benzene rings is 1. The molecule has 0 radical (unpaired) electrons. The molecule has 1 aliphatic rings. The van der Waals surface area contributed by atoms with Crippen molar-refractivity contribution < 1.29 is 9.57 Å². The van der Waals surface area contributed by atoms with E-state index in [-0.39, 0.29) is 11.8 Å². The minimum Gasteiger partial charge on any atom is -0.497 e. The van der Waals surface area contributed by atoms with Crippen LogP contribution in [0, 0.1) is 0 Å². The van der Waals surface area contributed by atoms with E-state index in [0.717, 1.165) is 5.75 Å². The van der Waals surface area contributed by atoms with Crippen molar-refractivity contribution >= 4 is 0 Å². The van der Waals surface area contributed by atoms with Crippen molar-refractivity contribution in [3.8, 4) is 5.75 Å². The van der Waals surface area contributed by atoms with Gasteiger partial charge in [-0.15, -0.1) is 5.06 Å². The van der Waals surface area contributed by atoms with Gasteiger partial charge >= 0.3 is 0 Å². The maximum Gasteiger partial charge on any atom is 0.180 e. The molecular weight excluding hydrogens is 190 g/mol. The molecule has 0 saturated carbocycles. The molecule has 0 N–H and O–H groups in total. The van der Waals surface area contributed by atoms with Gasteiger partial charge < -0.3 is 4.74 Å². The van der Waals surface area contributed by atoms with Crippen LogP contribution in [0.4, 0.5) is 0 Å². The van der Waals surface area contributed by atoms with Gasteiger partial charge in [-0.05, 0) is 38.5 Å². The summed E-state index contributed by atoms with van der Waals surface area (Å²) in [5, 5.41) is 1.99. The SMILES string of the molecule is COc1ccc([C@H]2ON2C(C)(C)C)cc1. The highest BCUT2D eigenvalue weighted by Gasteiger charge is 2.45. The molecule has 0 spiro atoms. The minimum atomic E-state index is 0.0601. The van der Waals surface area contributed by atoms with E-state index in [9.17, 15) is 0 Å². The minimum absolute atomic E-state index is 0.0601. The molecule has 1 aromatic rings. The standard InChI is InChI=1S/C12H17NO2/c1-12(2,3)13-11(15-13)9-5-7-10(14-4)8-6-9/h5-8,11H,1-4H3/t11-,13?/m1/s1. The fraction of sp³-hybridized carbons (Fsp3) is 0.500. The van der Waals surface area contributed by atoms with Crippen molar-refractivity contribution in [2.24, 2.45) is 0 Å². The first kappa shape index (κ1) is 10.5. The molecule has 1 heterocycles. The molecule has 0 aromatic heterocycles. The van der Waals surface area contributed by atoms with Crippen LogP contribution in [0.2, 0.25) is 0 Å². The lowest BCUT2D eigenvalue weighted by Gasteiger charge is -2.16. The maximum absolute atomic E-state index is 5.53. The molecule has 1 saturated heterocycles. The summed E-state index contributed by atoms with van der Waals surface area (Å²) in [6, 6.07) is 7.99. The first-order valence-electron chi connectivity index (χ1n) is 5.12. The Kier molecular flexibility index (Phi) is 2.44. The number of hydrogen-bond donors (Lipinski definition) is 0. The second-order valence-electron chi connectivity index (χ2n) is 4.73. The largest absolute Gasteiger partial charge is 0.497 e. The number of methoxy groups -OCH3 is 1. The molecule has 15 heavy (non-hydrogen) atoms. The van der Waals surface area contributed by atoms with Crippen molar-refractivity contribution in [1.29, 1.82) is 0 Å². The second-order valence-corrected chi connectivity index (χ2v) is 4.73. The van der Waals surface area contributed by atoms with Crippen LogP contribution in [-0.4, -0.2) is 17.7 Å². The van der Waals surface area contributed by atoms with Gasteiger partial charge in [-0.2, -0.15) is 0 Å². The maximum atomic E-state index is 5.53. The molecule has 0 bridgehead atoms. The Hall–Kier alpha value is -1.06. The highest BCUT2D eigenvalue weighted by molar-refractivity contribution is 5.29. The van der Waals surface area contributed by atoms with Crippen molar-refractivity contribution in [3.05, 3.63) is 29.8 Å². The van der Waals surface area contributed by atoms with Gasteiger partial charge in [0, 0.05) is 5.54 Å². The monoisotopic (exact) mass is 207 g/mol. The van der Waals surface area contributed by atoms with E-state index in [1.54, 1.807) is 7.11 Å². The van der Waals surface area contributed by atoms with Crippen LogP contribution in [0.3, 0.4) is 0 Å². The molecule has 3 nitrogen and oxygen atoms in total. The Morgan fingerprint density at radius 3 is 2.20 bits per heavy atom. The van der Waals surface area contributed by atoms with Crippen molar-refractivity contribution in [2.75, 3.05) is 7.11 Å². The molecule has 3 heteroatoms. The molecule has 1 aromatic carbocycles. The van der Waals surface area contributed by atoms with Gasteiger partial charge in [0.15, 0.2) is 6.23 Å². The highest BCUT2D eigenvalue weighted by atomic mass is 16.8. The van der Waals surface area contributed by atoms with Crippen LogP contribution in [0.5, 0.6) is 5.75 Å². The number of ether oxygens (including phenoxy) is 1. The van der Waals surface area contributed by atoms with E-state index in [0.29, 0.717) is 0 Å². The average molecular weight is 207 g/mol. The normalized spacial score (nSPS) is 25.1. The summed E-state index contributed by atoms with van der Waals surface area (Å²) in [6.07, 6.45) is 0.107. The molecule has 2 atom stereocenters. The number of nitrogens with zero attached hydrogens (tertiary/aromatic N) is 1. The van der Waals surface area contributed by atoms with Crippen molar-refractivity contribution in [1.82, 2.24) is 5.06 Å². The smallest absolute Gasteiger partial charge is 0.180 e. The number of rotatable bonds is 2. The zero-order chi connectivity index (χ0) is 11.1. The predicted octanol–water partition coefficient (Wildman–Crippen LogP) is 2.74. The molecule has 1 unspecified atom stereocenters. The summed E-state index contributed by atoms with van der Waals surface area (Å²) < 4.78 is 5.11. The lowest BCUT2D eigenvalue weighted by molar-refractivity contribution is 0.101. The summed E-state index contributed by atoms with van der Waals surface area (Å²) in [4.78, 5) is 5.53. The van der Waals surface area contributed by atoms with Crippen LogP contribution in [0.15, 0.2) is 24.3 Å². The van der Waals surface area contributed by atoms with Gasteiger partial charge in [0.25, 0.3) is 0 Å². The van der Waals surface area contributed by atoms with Crippen LogP contribution >= 0.6 is 0 Å². The zero-order valence-electron chi connectivity index (χ0n) is 9.65. The lowest BCUT2D eigenvalue weighted by Crippen LogP contribution is -2.25. The molecule has 2 rings (SSSR count). The Labute approximate surface area is 90.6 Å². The van der Waals surface area contributed by atoms with Crippen LogP contribution < -0.4 is 4.74 Å². The Morgan fingerprint density at radius 1 is 1.20 bits per heavy atom. The molecule has 82 valence electrons. The van der Waals surface area contributed by atoms with Gasteiger partial charge in [-0.25, -0.2) is 0 Å². The molecule has 1 fully saturated rings. The van der Waals surface area contributed by atoms with E-state index < -0.39 is 0 Å². The zero-order valence-corrected chi connectivity index (χ0v) is 9.65. The van der Waals surface area contributed by atoms with Crippen molar-refractivity contribution in [3.63, 3.8) is 0 Å². The third-order valence-electron chi connectivity index (χ3n) is 2.44. The number of hydrogen-bond acceptors (Lipinski definition) is 3. The predicted molar refractivity (Wildman–Crippen MR) is 58.4 cm³/mol. The van der Waals surface area contributed by atoms with E-state index in [2.05, 4.69) is 20.8 Å². The van der Waals surface area contributed by atoms with Crippen molar-refractivity contribution in [2.45, 2.75) is 32.5 Å². The summed E-state index contributed by atoms with van der Waals surface area (Å²) in [6.45, 7) is 6.41. The Bertz CT molecular complexity index is 340. The van der Waals surface area contributed by atoms with Gasteiger partial charge in [0.1, 0.15) is 5.75 Å². The average Bonchev–Trinajstić information content (AvgIpc) is 2.97. The number of hydroxylamine groups is 2. The Balaban J connectivity index is 2.07. The van der Waals surface area contributed by atoms with Crippen LogP contribution in [0.1, 0.15) is 32.6 Å². The van der Waals surface area contributed by atoms with E-state index in [1.807, 2.05) is 29.3 Å². The highest BCUT2D eigenvalue weighted by Crippen LogP contribution is 2.43.